The second-order valence-electron chi connectivity index (χ2n) is 3.80. The highest BCUT2D eigenvalue weighted by molar-refractivity contribution is 5.56. The Balaban J connectivity index is 2.62. The van der Waals surface area contributed by atoms with E-state index in [1.807, 2.05) is 6.07 Å². The zero-order valence-corrected chi connectivity index (χ0v) is 9.53. The minimum absolute atomic E-state index is 0.230. The lowest BCUT2D eigenvalue weighted by molar-refractivity contribution is 0.616. The highest BCUT2D eigenvalue weighted by Crippen LogP contribution is 2.21. The lowest BCUT2D eigenvalue weighted by Crippen LogP contribution is -2.03. The molecule has 0 aliphatic rings. The van der Waals surface area contributed by atoms with Crippen molar-refractivity contribution in [2.24, 2.45) is 0 Å². The predicted molar refractivity (Wildman–Crippen MR) is 62.1 cm³/mol. The maximum absolute atomic E-state index is 13.4. The van der Waals surface area contributed by atoms with Crippen molar-refractivity contribution in [2.75, 3.05) is 5.73 Å². The van der Waals surface area contributed by atoms with Gasteiger partial charge in [-0.05, 0) is 31.5 Å². The monoisotopic (exact) mass is 230 g/mol. The molecule has 86 valence electrons. The van der Waals surface area contributed by atoms with Gasteiger partial charge in [0.1, 0.15) is 23.3 Å². The van der Waals surface area contributed by atoms with Crippen molar-refractivity contribution in [1.82, 2.24) is 9.78 Å². The van der Waals surface area contributed by atoms with E-state index in [9.17, 15) is 4.39 Å². The van der Waals surface area contributed by atoms with Gasteiger partial charge in [-0.25, -0.2) is 9.07 Å². The third kappa shape index (κ3) is 1.74. The Morgan fingerprint density at radius 1 is 1.41 bits per heavy atom. The molecule has 2 aromatic rings. The van der Waals surface area contributed by atoms with Crippen molar-refractivity contribution < 1.29 is 4.39 Å². The molecular weight excluding hydrogens is 219 g/mol. The van der Waals surface area contributed by atoms with Gasteiger partial charge in [0, 0.05) is 0 Å². The first-order valence-electron chi connectivity index (χ1n) is 5.06. The molecule has 0 amide bonds. The number of benzene rings is 1. The summed E-state index contributed by atoms with van der Waals surface area (Å²) in [7, 11) is 0. The molecule has 0 radical (unpaired) electrons. The summed E-state index contributed by atoms with van der Waals surface area (Å²) in [5.74, 6) is -0.0955. The van der Waals surface area contributed by atoms with Gasteiger partial charge in [0.05, 0.1) is 11.4 Å². The van der Waals surface area contributed by atoms with Crippen molar-refractivity contribution in [3.63, 3.8) is 0 Å². The first-order valence-corrected chi connectivity index (χ1v) is 5.06. The van der Waals surface area contributed by atoms with Gasteiger partial charge in [-0.3, -0.25) is 0 Å². The lowest BCUT2D eigenvalue weighted by Gasteiger charge is -2.05. The Hall–Kier alpha value is -2.35. The van der Waals surface area contributed by atoms with Crippen LogP contribution in [0, 0.1) is 31.0 Å². The Kier molecular flexibility index (Phi) is 2.56. The fourth-order valence-corrected chi connectivity index (χ4v) is 1.59. The van der Waals surface area contributed by atoms with Gasteiger partial charge >= 0.3 is 0 Å². The van der Waals surface area contributed by atoms with Gasteiger partial charge in [-0.15, -0.1) is 0 Å². The summed E-state index contributed by atoms with van der Waals surface area (Å²) in [6.45, 7) is 3.37. The van der Waals surface area contributed by atoms with E-state index in [1.54, 1.807) is 26.0 Å². The maximum atomic E-state index is 13.4. The molecule has 1 aromatic heterocycles. The van der Waals surface area contributed by atoms with E-state index in [-0.39, 0.29) is 11.6 Å². The van der Waals surface area contributed by atoms with Gasteiger partial charge in [0.2, 0.25) is 0 Å². The number of nitrogens with zero attached hydrogens (tertiary/aromatic N) is 3. The van der Waals surface area contributed by atoms with Gasteiger partial charge in [-0.2, -0.15) is 10.4 Å². The number of rotatable bonds is 1. The van der Waals surface area contributed by atoms with Crippen molar-refractivity contribution in [3.8, 4) is 11.8 Å². The Bertz CT molecular complexity index is 622. The highest BCUT2D eigenvalue weighted by atomic mass is 19.1. The second-order valence-corrected chi connectivity index (χ2v) is 3.80. The number of hydrogen-bond acceptors (Lipinski definition) is 3. The molecule has 1 heterocycles. The predicted octanol–water partition coefficient (Wildman–Crippen LogP) is 2.08. The number of nitriles is 1. The molecule has 0 bridgehead atoms. The Morgan fingerprint density at radius 3 is 2.65 bits per heavy atom. The zero-order chi connectivity index (χ0) is 12.6. The van der Waals surface area contributed by atoms with Crippen LogP contribution in [-0.2, 0) is 0 Å². The molecule has 0 atom stereocenters. The number of halogens is 1. The number of nitrogen functional groups attached to an aromatic ring is 1. The third-order valence-electron chi connectivity index (χ3n) is 2.61. The summed E-state index contributed by atoms with van der Waals surface area (Å²) in [5.41, 5.74) is 7.71. The average Bonchev–Trinajstić information content (AvgIpc) is 2.58. The summed E-state index contributed by atoms with van der Waals surface area (Å²) in [6.07, 6.45) is 0. The van der Waals surface area contributed by atoms with E-state index in [1.165, 1.54) is 10.7 Å². The molecule has 0 spiro atoms. The average molecular weight is 230 g/mol. The zero-order valence-electron chi connectivity index (χ0n) is 9.53. The van der Waals surface area contributed by atoms with Crippen LogP contribution in [0.25, 0.3) is 5.69 Å². The molecule has 1 aromatic carbocycles. The SMILES string of the molecule is Cc1ccc(-n2nc(C)c(C#N)c2N)cc1F. The lowest BCUT2D eigenvalue weighted by atomic mass is 10.2. The molecule has 17 heavy (non-hydrogen) atoms. The van der Waals surface area contributed by atoms with E-state index in [0.29, 0.717) is 22.5 Å². The molecule has 2 N–H and O–H groups in total. The molecular formula is C12H11FN4. The van der Waals surface area contributed by atoms with Crippen molar-refractivity contribution in [1.29, 1.82) is 5.26 Å². The van der Waals surface area contributed by atoms with E-state index >= 15 is 0 Å². The second kappa shape index (κ2) is 3.91. The first kappa shape index (κ1) is 11.1. The van der Waals surface area contributed by atoms with Gasteiger partial charge in [-0.1, -0.05) is 6.07 Å². The minimum atomic E-state index is -0.325. The number of aryl methyl sites for hydroxylation is 2. The molecule has 0 fully saturated rings. The van der Waals surface area contributed by atoms with Crippen LogP contribution in [0.1, 0.15) is 16.8 Å². The van der Waals surface area contributed by atoms with Crippen LogP contribution in [0.15, 0.2) is 18.2 Å². The van der Waals surface area contributed by atoms with Crippen LogP contribution in [0.3, 0.4) is 0 Å². The summed E-state index contributed by atoms with van der Waals surface area (Å²) >= 11 is 0. The van der Waals surface area contributed by atoms with Crippen LogP contribution in [-0.4, -0.2) is 9.78 Å². The Morgan fingerprint density at radius 2 is 2.12 bits per heavy atom. The number of aromatic nitrogens is 2. The fraction of sp³-hybridized carbons (Fsp3) is 0.167. The summed E-state index contributed by atoms with van der Waals surface area (Å²) < 4.78 is 14.8. The number of hydrogen-bond donors (Lipinski definition) is 1. The van der Waals surface area contributed by atoms with E-state index < -0.39 is 0 Å². The van der Waals surface area contributed by atoms with Crippen molar-refractivity contribution in [2.45, 2.75) is 13.8 Å². The highest BCUT2D eigenvalue weighted by Gasteiger charge is 2.13. The molecule has 5 heteroatoms. The Labute approximate surface area is 98.1 Å². The summed E-state index contributed by atoms with van der Waals surface area (Å²) in [6, 6.07) is 6.68. The van der Waals surface area contributed by atoms with Crippen LogP contribution in [0.4, 0.5) is 10.2 Å². The van der Waals surface area contributed by atoms with E-state index in [0.717, 1.165) is 0 Å². The fourth-order valence-electron chi connectivity index (χ4n) is 1.59. The largest absolute Gasteiger partial charge is 0.382 e. The smallest absolute Gasteiger partial charge is 0.145 e. The van der Waals surface area contributed by atoms with E-state index in [2.05, 4.69) is 5.10 Å². The van der Waals surface area contributed by atoms with Gasteiger partial charge in [0.25, 0.3) is 0 Å². The molecule has 0 saturated heterocycles. The molecule has 4 nitrogen and oxygen atoms in total. The maximum Gasteiger partial charge on any atom is 0.145 e. The number of anilines is 1. The topological polar surface area (TPSA) is 67.6 Å². The quantitative estimate of drug-likeness (QED) is 0.815. The molecule has 0 unspecified atom stereocenters. The molecule has 2 rings (SSSR count). The van der Waals surface area contributed by atoms with Gasteiger partial charge < -0.3 is 5.73 Å². The van der Waals surface area contributed by atoms with Gasteiger partial charge in [0.15, 0.2) is 0 Å². The molecule has 0 saturated carbocycles. The van der Waals surface area contributed by atoms with E-state index in [4.69, 9.17) is 11.0 Å². The van der Waals surface area contributed by atoms with Crippen LogP contribution in [0.5, 0.6) is 0 Å². The third-order valence-corrected chi connectivity index (χ3v) is 2.61. The standard InChI is InChI=1S/C12H11FN4/c1-7-3-4-9(5-11(7)13)17-12(15)10(6-14)8(2)16-17/h3-5H,15H2,1-2H3. The minimum Gasteiger partial charge on any atom is -0.382 e. The van der Waals surface area contributed by atoms with Crippen molar-refractivity contribution in [3.05, 3.63) is 40.8 Å². The van der Waals surface area contributed by atoms with Crippen LogP contribution in [0.2, 0.25) is 0 Å². The normalized spacial score (nSPS) is 10.2. The number of nitrogens with two attached hydrogens (primary N) is 1. The first-order chi connectivity index (χ1) is 8.04. The van der Waals surface area contributed by atoms with Crippen molar-refractivity contribution >= 4 is 5.82 Å². The van der Waals surface area contributed by atoms with Crippen LogP contribution < -0.4 is 5.73 Å². The summed E-state index contributed by atoms with van der Waals surface area (Å²) in [4.78, 5) is 0. The van der Waals surface area contributed by atoms with Crippen LogP contribution >= 0.6 is 0 Å². The molecule has 0 aliphatic carbocycles. The summed E-state index contributed by atoms with van der Waals surface area (Å²) in [5, 5.41) is 13.0. The molecule has 0 aliphatic heterocycles.